The second-order valence-corrected chi connectivity index (χ2v) is 5.69. The molecule has 0 atom stereocenters. The molecule has 0 radical (unpaired) electrons. The molecule has 0 heterocycles. The summed E-state index contributed by atoms with van der Waals surface area (Å²) in [7, 11) is 0. The third-order valence-corrected chi connectivity index (χ3v) is 4.42. The van der Waals surface area contributed by atoms with Gasteiger partial charge >= 0.3 is 0 Å². The van der Waals surface area contributed by atoms with Crippen molar-refractivity contribution in [2.24, 2.45) is 0 Å². The van der Waals surface area contributed by atoms with Crippen molar-refractivity contribution >= 4 is 5.78 Å². The second-order valence-electron chi connectivity index (χ2n) is 5.69. The van der Waals surface area contributed by atoms with E-state index in [2.05, 4.69) is 37.3 Å². The van der Waals surface area contributed by atoms with Gasteiger partial charge in [-0.05, 0) is 46.4 Å². The molecule has 0 aliphatic heterocycles. The maximum atomic E-state index is 12.4. The standard InChI is InChI=1S/C21H16O/c1-2-14-7-9-15(10-8-14)16-11-12-19-20(13-16)17-5-3-4-6-18(17)21(19)22/h3-13H,2H2,1H3. The van der Waals surface area contributed by atoms with Crippen molar-refractivity contribution in [2.75, 3.05) is 0 Å². The van der Waals surface area contributed by atoms with Crippen LogP contribution in [-0.4, -0.2) is 5.78 Å². The van der Waals surface area contributed by atoms with Crippen LogP contribution >= 0.6 is 0 Å². The summed E-state index contributed by atoms with van der Waals surface area (Å²) in [5, 5.41) is 0. The minimum atomic E-state index is 0.137. The summed E-state index contributed by atoms with van der Waals surface area (Å²) in [5.41, 5.74) is 7.42. The second kappa shape index (κ2) is 4.96. The highest BCUT2D eigenvalue weighted by atomic mass is 16.1. The minimum absolute atomic E-state index is 0.137. The Hall–Kier alpha value is -2.67. The zero-order chi connectivity index (χ0) is 15.1. The molecule has 4 rings (SSSR count). The predicted molar refractivity (Wildman–Crippen MR) is 90.1 cm³/mol. The molecule has 0 aromatic heterocycles. The fourth-order valence-corrected chi connectivity index (χ4v) is 3.14. The summed E-state index contributed by atoms with van der Waals surface area (Å²) < 4.78 is 0. The molecular weight excluding hydrogens is 268 g/mol. The Bertz CT molecular complexity index is 873. The molecule has 0 saturated carbocycles. The number of hydrogen-bond donors (Lipinski definition) is 0. The van der Waals surface area contributed by atoms with Crippen molar-refractivity contribution in [1.82, 2.24) is 0 Å². The topological polar surface area (TPSA) is 17.1 Å². The van der Waals surface area contributed by atoms with Crippen molar-refractivity contribution in [3.05, 3.63) is 83.4 Å². The van der Waals surface area contributed by atoms with E-state index in [0.717, 1.165) is 34.2 Å². The minimum Gasteiger partial charge on any atom is -0.289 e. The average Bonchev–Trinajstić information content (AvgIpc) is 2.88. The molecule has 0 saturated heterocycles. The first kappa shape index (κ1) is 13.0. The third kappa shape index (κ3) is 1.90. The average molecular weight is 284 g/mol. The van der Waals surface area contributed by atoms with Gasteiger partial charge in [0.2, 0.25) is 0 Å². The quantitative estimate of drug-likeness (QED) is 0.499. The Kier molecular flexibility index (Phi) is 2.93. The lowest BCUT2D eigenvalue weighted by atomic mass is 9.97. The fraction of sp³-hybridized carbons (Fsp3) is 0.0952. The van der Waals surface area contributed by atoms with Crippen LogP contribution in [-0.2, 0) is 6.42 Å². The molecule has 0 N–H and O–H groups in total. The van der Waals surface area contributed by atoms with Gasteiger partial charge in [0.05, 0.1) is 0 Å². The van der Waals surface area contributed by atoms with Crippen LogP contribution in [0.25, 0.3) is 22.3 Å². The molecule has 1 heteroatoms. The highest BCUT2D eigenvalue weighted by Gasteiger charge is 2.26. The maximum Gasteiger partial charge on any atom is 0.194 e. The van der Waals surface area contributed by atoms with E-state index >= 15 is 0 Å². The monoisotopic (exact) mass is 284 g/mol. The number of rotatable bonds is 2. The molecule has 0 fully saturated rings. The lowest BCUT2D eigenvalue weighted by Crippen LogP contribution is -1.94. The molecule has 0 bridgehead atoms. The molecule has 0 amide bonds. The van der Waals surface area contributed by atoms with Crippen molar-refractivity contribution in [3.8, 4) is 22.3 Å². The number of benzene rings is 3. The van der Waals surface area contributed by atoms with Crippen molar-refractivity contribution in [3.63, 3.8) is 0 Å². The van der Waals surface area contributed by atoms with Gasteiger partial charge in [-0.15, -0.1) is 0 Å². The smallest absolute Gasteiger partial charge is 0.194 e. The third-order valence-electron chi connectivity index (χ3n) is 4.42. The molecular formula is C21H16O. The van der Waals surface area contributed by atoms with E-state index in [1.807, 2.05) is 36.4 Å². The summed E-state index contributed by atoms with van der Waals surface area (Å²) in [4.78, 5) is 12.4. The van der Waals surface area contributed by atoms with Crippen LogP contribution in [0.3, 0.4) is 0 Å². The predicted octanol–water partition coefficient (Wildman–Crippen LogP) is 5.13. The van der Waals surface area contributed by atoms with Crippen LogP contribution in [0.15, 0.2) is 66.7 Å². The Morgan fingerprint density at radius 1 is 0.682 bits per heavy atom. The normalized spacial score (nSPS) is 12.1. The van der Waals surface area contributed by atoms with Crippen LogP contribution in [0.5, 0.6) is 0 Å². The largest absolute Gasteiger partial charge is 0.289 e. The fourth-order valence-electron chi connectivity index (χ4n) is 3.14. The van der Waals surface area contributed by atoms with E-state index in [4.69, 9.17) is 0 Å². The van der Waals surface area contributed by atoms with E-state index in [-0.39, 0.29) is 5.78 Å². The molecule has 1 aliphatic rings. The van der Waals surface area contributed by atoms with Gasteiger partial charge in [-0.3, -0.25) is 4.79 Å². The SMILES string of the molecule is CCc1ccc(-c2ccc3c(c2)-c2ccccc2C3=O)cc1. The van der Waals surface area contributed by atoms with Gasteiger partial charge in [0, 0.05) is 11.1 Å². The molecule has 3 aromatic rings. The van der Waals surface area contributed by atoms with Gasteiger partial charge in [0.15, 0.2) is 5.78 Å². The molecule has 0 spiro atoms. The summed E-state index contributed by atoms with van der Waals surface area (Å²) >= 11 is 0. The zero-order valence-corrected chi connectivity index (χ0v) is 12.5. The van der Waals surface area contributed by atoms with Gasteiger partial charge in [-0.25, -0.2) is 0 Å². The van der Waals surface area contributed by atoms with Crippen LogP contribution in [0.4, 0.5) is 0 Å². The highest BCUT2D eigenvalue weighted by molar-refractivity contribution is 6.22. The first-order chi connectivity index (χ1) is 10.8. The number of ketones is 1. The molecule has 3 aromatic carbocycles. The van der Waals surface area contributed by atoms with Gasteiger partial charge in [-0.1, -0.05) is 61.5 Å². The summed E-state index contributed by atoms with van der Waals surface area (Å²) in [6, 6.07) is 22.6. The van der Waals surface area contributed by atoms with E-state index in [1.165, 1.54) is 11.1 Å². The van der Waals surface area contributed by atoms with Crippen molar-refractivity contribution < 1.29 is 4.79 Å². The molecule has 106 valence electrons. The molecule has 0 unspecified atom stereocenters. The zero-order valence-electron chi connectivity index (χ0n) is 12.5. The van der Waals surface area contributed by atoms with E-state index in [9.17, 15) is 4.79 Å². The highest BCUT2D eigenvalue weighted by Crippen LogP contribution is 2.38. The molecule has 22 heavy (non-hydrogen) atoms. The summed E-state index contributed by atoms with van der Waals surface area (Å²) in [6.45, 7) is 2.16. The van der Waals surface area contributed by atoms with Gasteiger partial charge in [0.1, 0.15) is 0 Å². The van der Waals surface area contributed by atoms with Crippen LogP contribution in [0, 0.1) is 0 Å². The Balaban J connectivity index is 1.85. The van der Waals surface area contributed by atoms with Crippen LogP contribution in [0.1, 0.15) is 28.4 Å². The van der Waals surface area contributed by atoms with E-state index in [0.29, 0.717) is 0 Å². The van der Waals surface area contributed by atoms with Crippen molar-refractivity contribution in [1.29, 1.82) is 0 Å². The Morgan fingerprint density at radius 2 is 1.32 bits per heavy atom. The number of carbonyl (C=O) groups is 1. The Morgan fingerprint density at radius 3 is 2.05 bits per heavy atom. The lowest BCUT2D eigenvalue weighted by molar-refractivity contribution is 0.104. The van der Waals surface area contributed by atoms with E-state index < -0.39 is 0 Å². The van der Waals surface area contributed by atoms with Gasteiger partial charge < -0.3 is 0 Å². The van der Waals surface area contributed by atoms with E-state index in [1.54, 1.807) is 0 Å². The molecule has 1 nitrogen and oxygen atoms in total. The number of aryl methyl sites for hydroxylation is 1. The summed E-state index contributed by atoms with van der Waals surface area (Å²) in [5.74, 6) is 0.137. The lowest BCUT2D eigenvalue weighted by Gasteiger charge is -2.06. The Labute approximate surface area is 130 Å². The summed E-state index contributed by atoms with van der Waals surface area (Å²) in [6.07, 6.45) is 1.05. The maximum absolute atomic E-state index is 12.4. The van der Waals surface area contributed by atoms with Crippen LogP contribution < -0.4 is 0 Å². The first-order valence-corrected chi connectivity index (χ1v) is 7.65. The molecule has 1 aliphatic carbocycles. The first-order valence-electron chi connectivity index (χ1n) is 7.65. The van der Waals surface area contributed by atoms with Gasteiger partial charge in [-0.2, -0.15) is 0 Å². The van der Waals surface area contributed by atoms with Gasteiger partial charge in [0.25, 0.3) is 0 Å². The number of carbonyl (C=O) groups excluding carboxylic acids is 1. The van der Waals surface area contributed by atoms with Crippen molar-refractivity contribution in [2.45, 2.75) is 13.3 Å². The number of fused-ring (bicyclic) bond motifs is 3. The number of hydrogen-bond acceptors (Lipinski definition) is 1. The van der Waals surface area contributed by atoms with Crippen LogP contribution in [0.2, 0.25) is 0 Å².